The van der Waals surface area contributed by atoms with E-state index in [2.05, 4.69) is 20.3 Å². The fourth-order valence-corrected chi connectivity index (χ4v) is 2.10. The summed E-state index contributed by atoms with van der Waals surface area (Å²) in [6, 6.07) is 7.54. The van der Waals surface area contributed by atoms with Crippen molar-refractivity contribution in [3.05, 3.63) is 46.5 Å². The Hall–Kier alpha value is -2.46. The molecule has 0 unspecified atom stereocenters. The van der Waals surface area contributed by atoms with Crippen LogP contribution in [-0.4, -0.2) is 24.0 Å². The number of H-pyrrole nitrogens is 1. The summed E-state index contributed by atoms with van der Waals surface area (Å²) in [6.07, 6.45) is 2.63. The van der Waals surface area contributed by atoms with E-state index in [1.807, 2.05) is 30.5 Å². The van der Waals surface area contributed by atoms with Crippen LogP contribution in [0.15, 0.2) is 35.6 Å². The minimum absolute atomic E-state index is 0.128. The molecular formula is C13H15N5O. The molecular weight excluding hydrogens is 242 g/mol. The van der Waals surface area contributed by atoms with Gasteiger partial charge in [0.15, 0.2) is 0 Å². The predicted molar refractivity (Wildman–Crippen MR) is 73.6 cm³/mol. The number of benzene rings is 1. The van der Waals surface area contributed by atoms with Crippen molar-refractivity contribution in [2.45, 2.75) is 18.9 Å². The second kappa shape index (κ2) is 5.93. The Bertz CT molecular complexity index is 627. The summed E-state index contributed by atoms with van der Waals surface area (Å²) in [6.45, 7) is 0. The molecule has 2 N–H and O–H groups in total. The standard InChI is InChI=1S/C13H15N5O/c1-15-13(19)7-10(17-18-14)6-9-8-16-12-5-3-2-4-11(9)12/h2-5,8,10,16H,6-7H2,1H3,(H,15,19)/t10-/m1/s1. The molecule has 19 heavy (non-hydrogen) atoms. The van der Waals surface area contributed by atoms with Gasteiger partial charge in [-0.2, -0.15) is 0 Å². The van der Waals surface area contributed by atoms with Crippen molar-refractivity contribution in [3.8, 4) is 0 Å². The van der Waals surface area contributed by atoms with Crippen LogP contribution < -0.4 is 5.32 Å². The van der Waals surface area contributed by atoms with E-state index in [1.54, 1.807) is 7.05 Å². The van der Waals surface area contributed by atoms with E-state index in [0.29, 0.717) is 6.42 Å². The van der Waals surface area contributed by atoms with E-state index in [0.717, 1.165) is 16.5 Å². The number of carbonyl (C=O) groups excluding carboxylic acids is 1. The van der Waals surface area contributed by atoms with Crippen LogP contribution >= 0.6 is 0 Å². The first-order valence-electron chi connectivity index (χ1n) is 6.04. The van der Waals surface area contributed by atoms with Crippen molar-refractivity contribution < 1.29 is 4.79 Å². The summed E-state index contributed by atoms with van der Waals surface area (Å²) in [7, 11) is 1.57. The SMILES string of the molecule is CNC(=O)C[C@@H](Cc1c[nH]c2ccccc12)N=[N+]=[N-]. The van der Waals surface area contributed by atoms with Gasteiger partial charge in [-0.15, -0.1) is 0 Å². The van der Waals surface area contributed by atoms with Crippen LogP contribution in [0.2, 0.25) is 0 Å². The van der Waals surface area contributed by atoms with Gasteiger partial charge < -0.3 is 10.3 Å². The van der Waals surface area contributed by atoms with Crippen LogP contribution in [0, 0.1) is 0 Å². The number of nitrogens with zero attached hydrogens (tertiary/aromatic N) is 3. The number of amides is 1. The fourth-order valence-electron chi connectivity index (χ4n) is 2.10. The maximum absolute atomic E-state index is 11.4. The summed E-state index contributed by atoms with van der Waals surface area (Å²) in [5.41, 5.74) is 10.7. The number of azide groups is 1. The largest absolute Gasteiger partial charge is 0.361 e. The van der Waals surface area contributed by atoms with E-state index in [9.17, 15) is 4.79 Å². The molecule has 0 aliphatic carbocycles. The third-order valence-electron chi connectivity index (χ3n) is 3.05. The number of hydrogen-bond acceptors (Lipinski definition) is 2. The Kier molecular flexibility index (Phi) is 4.05. The van der Waals surface area contributed by atoms with Gasteiger partial charge in [0.1, 0.15) is 0 Å². The molecule has 98 valence electrons. The van der Waals surface area contributed by atoms with Gasteiger partial charge in [0.05, 0.1) is 6.04 Å². The van der Waals surface area contributed by atoms with E-state index in [-0.39, 0.29) is 18.4 Å². The minimum atomic E-state index is -0.371. The number of aromatic amines is 1. The molecule has 0 aliphatic heterocycles. The van der Waals surface area contributed by atoms with Gasteiger partial charge >= 0.3 is 0 Å². The summed E-state index contributed by atoms with van der Waals surface area (Å²) >= 11 is 0. The van der Waals surface area contributed by atoms with Crippen molar-refractivity contribution in [2.75, 3.05) is 7.05 Å². The zero-order chi connectivity index (χ0) is 13.7. The molecule has 2 aromatic rings. The van der Waals surface area contributed by atoms with Crippen LogP contribution in [0.3, 0.4) is 0 Å². The molecule has 6 heteroatoms. The van der Waals surface area contributed by atoms with Crippen molar-refractivity contribution in [2.24, 2.45) is 5.11 Å². The zero-order valence-electron chi connectivity index (χ0n) is 10.6. The molecule has 0 bridgehead atoms. The molecule has 0 aliphatic rings. The normalized spacial score (nSPS) is 11.8. The molecule has 0 fully saturated rings. The van der Waals surface area contributed by atoms with Gasteiger partial charge in [0.25, 0.3) is 0 Å². The number of para-hydroxylation sites is 1. The Balaban J connectivity index is 2.21. The highest BCUT2D eigenvalue weighted by atomic mass is 16.1. The average molecular weight is 257 g/mol. The second-order valence-electron chi connectivity index (χ2n) is 4.30. The number of hydrogen-bond donors (Lipinski definition) is 2. The average Bonchev–Trinajstić information content (AvgIpc) is 2.82. The Morgan fingerprint density at radius 2 is 2.32 bits per heavy atom. The molecule has 1 amide bonds. The fraction of sp³-hybridized carbons (Fsp3) is 0.308. The topological polar surface area (TPSA) is 93.6 Å². The number of aromatic nitrogens is 1. The summed E-state index contributed by atoms with van der Waals surface area (Å²) in [5, 5.41) is 7.34. The lowest BCUT2D eigenvalue weighted by Crippen LogP contribution is -2.23. The lowest BCUT2D eigenvalue weighted by molar-refractivity contribution is -0.120. The summed E-state index contributed by atoms with van der Waals surface area (Å²) in [5.74, 6) is -0.128. The summed E-state index contributed by atoms with van der Waals surface area (Å²) < 4.78 is 0. The van der Waals surface area contributed by atoms with Crippen LogP contribution in [0.25, 0.3) is 21.3 Å². The van der Waals surface area contributed by atoms with Crippen LogP contribution in [-0.2, 0) is 11.2 Å². The predicted octanol–water partition coefficient (Wildman–Crippen LogP) is 2.53. The summed E-state index contributed by atoms with van der Waals surface area (Å²) in [4.78, 5) is 17.4. The molecule has 6 nitrogen and oxygen atoms in total. The van der Waals surface area contributed by atoms with Gasteiger partial charge in [-0.05, 0) is 23.6 Å². The number of carbonyl (C=O) groups is 1. The molecule has 1 atom stereocenters. The molecule has 0 radical (unpaired) electrons. The Morgan fingerprint density at radius 3 is 3.05 bits per heavy atom. The highest BCUT2D eigenvalue weighted by Gasteiger charge is 2.14. The Labute approximate surface area is 110 Å². The van der Waals surface area contributed by atoms with Gasteiger partial charge in [0.2, 0.25) is 5.91 Å². The van der Waals surface area contributed by atoms with Crippen molar-refractivity contribution >= 4 is 16.8 Å². The Morgan fingerprint density at radius 1 is 1.53 bits per heavy atom. The maximum atomic E-state index is 11.4. The molecule has 1 heterocycles. The van der Waals surface area contributed by atoms with Crippen LogP contribution in [0.1, 0.15) is 12.0 Å². The first kappa shape index (κ1) is 13.0. The van der Waals surface area contributed by atoms with E-state index < -0.39 is 0 Å². The highest BCUT2D eigenvalue weighted by Crippen LogP contribution is 2.20. The lowest BCUT2D eigenvalue weighted by Gasteiger charge is -2.09. The van der Waals surface area contributed by atoms with Gasteiger partial charge in [0, 0.05) is 35.5 Å². The number of fused-ring (bicyclic) bond motifs is 1. The van der Waals surface area contributed by atoms with Gasteiger partial charge in [-0.3, -0.25) is 4.79 Å². The minimum Gasteiger partial charge on any atom is -0.361 e. The molecule has 0 spiro atoms. The zero-order valence-corrected chi connectivity index (χ0v) is 10.6. The highest BCUT2D eigenvalue weighted by molar-refractivity contribution is 5.83. The van der Waals surface area contributed by atoms with Crippen molar-refractivity contribution in [1.29, 1.82) is 0 Å². The van der Waals surface area contributed by atoms with Gasteiger partial charge in [-0.25, -0.2) is 0 Å². The third-order valence-corrected chi connectivity index (χ3v) is 3.05. The molecule has 2 rings (SSSR count). The van der Waals surface area contributed by atoms with Crippen molar-refractivity contribution in [3.63, 3.8) is 0 Å². The first-order valence-corrected chi connectivity index (χ1v) is 6.04. The molecule has 1 aromatic heterocycles. The smallest absolute Gasteiger partial charge is 0.220 e. The quantitative estimate of drug-likeness (QED) is 0.480. The van der Waals surface area contributed by atoms with Crippen LogP contribution in [0.4, 0.5) is 0 Å². The molecule has 1 aromatic carbocycles. The first-order chi connectivity index (χ1) is 9.24. The van der Waals surface area contributed by atoms with E-state index >= 15 is 0 Å². The number of rotatable bonds is 5. The second-order valence-corrected chi connectivity index (χ2v) is 4.30. The van der Waals surface area contributed by atoms with Crippen molar-refractivity contribution in [1.82, 2.24) is 10.3 Å². The van der Waals surface area contributed by atoms with E-state index in [4.69, 9.17) is 5.53 Å². The maximum Gasteiger partial charge on any atom is 0.220 e. The van der Waals surface area contributed by atoms with Crippen LogP contribution in [0.5, 0.6) is 0 Å². The third kappa shape index (κ3) is 3.05. The molecule has 0 saturated heterocycles. The van der Waals surface area contributed by atoms with E-state index in [1.165, 1.54) is 0 Å². The lowest BCUT2D eigenvalue weighted by atomic mass is 10.0. The number of nitrogens with one attached hydrogen (secondary N) is 2. The molecule has 0 saturated carbocycles. The van der Waals surface area contributed by atoms with Gasteiger partial charge in [-0.1, -0.05) is 23.3 Å². The monoisotopic (exact) mass is 257 g/mol.